The highest BCUT2D eigenvalue weighted by atomic mass is 16.5. The lowest BCUT2D eigenvalue weighted by molar-refractivity contribution is -0.144. The molecule has 0 bridgehead atoms. The lowest BCUT2D eigenvalue weighted by Gasteiger charge is -2.42. The Balaban J connectivity index is 2.04. The van der Waals surface area contributed by atoms with Crippen molar-refractivity contribution in [3.63, 3.8) is 0 Å². The monoisotopic (exact) mass is 296 g/mol. The molecular weight excluding hydrogens is 264 g/mol. The second-order valence-corrected chi connectivity index (χ2v) is 6.64. The number of nitrogens with zero attached hydrogens (tertiary/aromatic N) is 1. The van der Waals surface area contributed by atoms with Crippen LogP contribution in [0.3, 0.4) is 0 Å². The first kappa shape index (κ1) is 16.8. The quantitative estimate of drug-likeness (QED) is 0.765. The number of nitrogens with one attached hydrogen (secondary N) is 1. The smallest absolute Gasteiger partial charge is 0.324 e. The fraction of sp³-hybridized carbons (Fsp3) is 0.941. The second-order valence-electron chi connectivity index (χ2n) is 6.64. The van der Waals surface area contributed by atoms with Gasteiger partial charge < -0.3 is 10.1 Å². The Morgan fingerprint density at radius 3 is 1.90 bits per heavy atom. The molecule has 2 fully saturated rings. The van der Waals surface area contributed by atoms with Crippen molar-refractivity contribution in [3.8, 4) is 0 Å². The van der Waals surface area contributed by atoms with Gasteiger partial charge in [-0.1, -0.05) is 38.5 Å². The minimum Gasteiger partial charge on any atom is -0.468 e. The molecule has 2 saturated carbocycles. The lowest BCUT2D eigenvalue weighted by Crippen LogP contribution is -2.53. The Bertz CT molecular complexity index is 292. The van der Waals surface area contributed by atoms with E-state index in [1.807, 2.05) is 7.05 Å². The van der Waals surface area contributed by atoms with Crippen LogP contribution in [0.15, 0.2) is 0 Å². The number of methoxy groups -OCH3 is 1. The fourth-order valence-corrected chi connectivity index (χ4v) is 4.06. The summed E-state index contributed by atoms with van der Waals surface area (Å²) in [6.45, 7) is 0.804. The highest BCUT2D eigenvalue weighted by Crippen LogP contribution is 2.30. The van der Waals surface area contributed by atoms with E-state index in [1.165, 1.54) is 71.3 Å². The fourth-order valence-electron chi connectivity index (χ4n) is 4.06. The lowest BCUT2D eigenvalue weighted by atomic mass is 9.88. The van der Waals surface area contributed by atoms with E-state index in [1.54, 1.807) is 0 Å². The molecule has 4 nitrogen and oxygen atoms in total. The van der Waals surface area contributed by atoms with E-state index in [2.05, 4.69) is 10.2 Å². The van der Waals surface area contributed by atoms with Crippen LogP contribution >= 0.6 is 0 Å². The first-order valence-corrected chi connectivity index (χ1v) is 8.77. The van der Waals surface area contributed by atoms with Gasteiger partial charge in [0.05, 0.1) is 7.11 Å². The van der Waals surface area contributed by atoms with Gasteiger partial charge in [-0.3, -0.25) is 9.69 Å². The van der Waals surface area contributed by atoms with Crippen LogP contribution in [0.1, 0.15) is 64.2 Å². The van der Waals surface area contributed by atoms with Crippen LogP contribution in [0.2, 0.25) is 0 Å². The van der Waals surface area contributed by atoms with E-state index in [9.17, 15) is 4.79 Å². The summed E-state index contributed by atoms with van der Waals surface area (Å²) in [6, 6.07) is 1.14. The van der Waals surface area contributed by atoms with Crippen molar-refractivity contribution < 1.29 is 9.53 Å². The van der Waals surface area contributed by atoms with E-state index >= 15 is 0 Å². The van der Waals surface area contributed by atoms with E-state index in [-0.39, 0.29) is 12.0 Å². The molecule has 0 aromatic rings. The van der Waals surface area contributed by atoms with Crippen molar-refractivity contribution in [2.45, 2.75) is 82.3 Å². The van der Waals surface area contributed by atoms with Crippen molar-refractivity contribution >= 4 is 5.97 Å². The maximum atomic E-state index is 11.9. The molecule has 122 valence electrons. The zero-order chi connectivity index (χ0) is 15.1. The molecule has 0 spiro atoms. The van der Waals surface area contributed by atoms with Gasteiger partial charge in [0.15, 0.2) is 0 Å². The van der Waals surface area contributed by atoms with Crippen LogP contribution < -0.4 is 5.32 Å². The van der Waals surface area contributed by atoms with Crippen molar-refractivity contribution in [3.05, 3.63) is 0 Å². The number of likely N-dealkylation sites (N-methyl/N-ethyl adjacent to an activating group) is 1. The van der Waals surface area contributed by atoms with Gasteiger partial charge in [-0.25, -0.2) is 0 Å². The highest BCUT2D eigenvalue weighted by Gasteiger charge is 2.32. The molecule has 1 atom stereocenters. The van der Waals surface area contributed by atoms with Crippen molar-refractivity contribution in [2.75, 3.05) is 20.7 Å². The summed E-state index contributed by atoms with van der Waals surface area (Å²) in [5.74, 6) is -0.130. The van der Waals surface area contributed by atoms with Crippen LogP contribution in [-0.2, 0) is 9.53 Å². The summed E-state index contributed by atoms with van der Waals surface area (Å²) in [6.07, 6.45) is 13.3. The molecule has 0 aliphatic heterocycles. The summed E-state index contributed by atoms with van der Waals surface area (Å²) in [4.78, 5) is 14.6. The molecule has 21 heavy (non-hydrogen) atoms. The number of hydrogen-bond acceptors (Lipinski definition) is 4. The molecule has 4 heteroatoms. The zero-order valence-corrected chi connectivity index (χ0v) is 13.8. The molecule has 2 aliphatic carbocycles. The van der Waals surface area contributed by atoms with Gasteiger partial charge in [0, 0.05) is 18.6 Å². The molecule has 0 amide bonds. The maximum absolute atomic E-state index is 11.9. The number of rotatable bonds is 6. The van der Waals surface area contributed by atoms with Crippen LogP contribution in [-0.4, -0.2) is 49.7 Å². The summed E-state index contributed by atoms with van der Waals surface area (Å²) in [5, 5.41) is 3.15. The number of ether oxygens (including phenoxy) is 1. The molecule has 0 aromatic carbocycles. The van der Waals surface area contributed by atoms with Crippen molar-refractivity contribution in [1.29, 1.82) is 0 Å². The van der Waals surface area contributed by atoms with E-state index in [0.29, 0.717) is 12.1 Å². The van der Waals surface area contributed by atoms with Gasteiger partial charge in [0.1, 0.15) is 6.04 Å². The van der Waals surface area contributed by atoms with Crippen LogP contribution in [0.4, 0.5) is 0 Å². The highest BCUT2D eigenvalue weighted by molar-refractivity contribution is 5.75. The molecule has 0 heterocycles. The zero-order valence-electron chi connectivity index (χ0n) is 13.8. The minimum absolute atomic E-state index is 0.130. The minimum atomic E-state index is -0.196. The van der Waals surface area contributed by atoms with Crippen LogP contribution in [0.25, 0.3) is 0 Å². The van der Waals surface area contributed by atoms with E-state index in [4.69, 9.17) is 4.74 Å². The average Bonchev–Trinajstić information content (AvgIpc) is 2.57. The Kier molecular flexibility index (Phi) is 6.97. The van der Waals surface area contributed by atoms with E-state index in [0.717, 1.165) is 6.54 Å². The SMILES string of the molecule is CNC(CN(C1CCCCC1)C1CCCCC1)C(=O)OC. The van der Waals surface area contributed by atoms with Gasteiger partial charge in [0.25, 0.3) is 0 Å². The van der Waals surface area contributed by atoms with E-state index < -0.39 is 0 Å². The molecule has 1 unspecified atom stereocenters. The van der Waals surface area contributed by atoms with Gasteiger partial charge in [-0.2, -0.15) is 0 Å². The van der Waals surface area contributed by atoms with Gasteiger partial charge in [0.2, 0.25) is 0 Å². The maximum Gasteiger partial charge on any atom is 0.324 e. The summed E-state index contributed by atoms with van der Waals surface area (Å²) in [7, 11) is 3.35. The molecule has 0 aromatic heterocycles. The average molecular weight is 296 g/mol. The topological polar surface area (TPSA) is 41.6 Å². The number of esters is 1. The number of carbonyl (C=O) groups excluding carboxylic acids is 1. The number of hydrogen-bond donors (Lipinski definition) is 1. The van der Waals surface area contributed by atoms with Gasteiger partial charge >= 0.3 is 5.97 Å². The third-order valence-corrected chi connectivity index (χ3v) is 5.31. The molecular formula is C17H32N2O2. The third kappa shape index (κ3) is 4.68. The summed E-state index contributed by atoms with van der Waals surface area (Å²) < 4.78 is 4.95. The largest absolute Gasteiger partial charge is 0.468 e. The van der Waals surface area contributed by atoms with Crippen molar-refractivity contribution in [2.24, 2.45) is 0 Å². The molecule has 2 aliphatic rings. The van der Waals surface area contributed by atoms with Crippen molar-refractivity contribution in [1.82, 2.24) is 10.2 Å². The number of carbonyl (C=O) groups is 1. The second kappa shape index (κ2) is 8.74. The first-order chi connectivity index (χ1) is 10.3. The Hall–Kier alpha value is -0.610. The molecule has 0 radical (unpaired) electrons. The predicted octanol–water partition coefficient (Wildman–Crippen LogP) is 2.71. The Morgan fingerprint density at radius 2 is 1.52 bits per heavy atom. The van der Waals surface area contributed by atoms with Crippen LogP contribution in [0.5, 0.6) is 0 Å². The predicted molar refractivity (Wildman–Crippen MR) is 85.3 cm³/mol. The Morgan fingerprint density at radius 1 is 1.05 bits per heavy atom. The van der Waals surface area contributed by atoms with Gasteiger partial charge in [-0.05, 0) is 32.7 Å². The van der Waals surface area contributed by atoms with Crippen LogP contribution in [0, 0.1) is 0 Å². The van der Waals surface area contributed by atoms with Gasteiger partial charge in [-0.15, -0.1) is 0 Å². The summed E-state index contributed by atoms with van der Waals surface area (Å²) in [5.41, 5.74) is 0. The Labute approximate surface area is 129 Å². The first-order valence-electron chi connectivity index (χ1n) is 8.77. The standard InChI is InChI=1S/C17H32N2O2/c1-18-16(17(20)21-2)13-19(14-9-5-3-6-10-14)15-11-7-4-8-12-15/h14-16,18H,3-13H2,1-2H3. The summed E-state index contributed by atoms with van der Waals surface area (Å²) >= 11 is 0. The molecule has 0 saturated heterocycles. The normalized spacial score (nSPS) is 23.2. The molecule has 1 N–H and O–H groups in total. The molecule has 2 rings (SSSR count). The third-order valence-electron chi connectivity index (χ3n) is 5.31.